The van der Waals surface area contributed by atoms with Crippen LogP contribution in [0.4, 0.5) is 13.2 Å². The number of sulfonamides is 1. The van der Waals surface area contributed by atoms with E-state index in [-0.39, 0.29) is 4.31 Å². The van der Waals surface area contributed by atoms with Crippen LogP contribution in [0.15, 0.2) is 47.4 Å². The Kier molecular flexibility index (Phi) is 4.69. The predicted molar refractivity (Wildman–Crippen MR) is 99.0 cm³/mol. The van der Waals surface area contributed by atoms with Crippen molar-refractivity contribution in [1.29, 1.82) is 0 Å². The molecule has 0 saturated carbocycles. The van der Waals surface area contributed by atoms with E-state index in [2.05, 4.69) is 0 Å². The first-order valence-electron chi connectivity index (χ1n) is 8.72. The SMILES string of the molecule is Cc1ccccc1CN1C(O)(C(F)(F)F)c2cc(C(C)(C)C)ccc2S1(=O)=O. The van der Waals surface area contributed by atoms with Gasteiger partial charge in [0.2, 0.25) is 10.0 Å². The minimum Gasteiger partial charge on any atom is -0.363 e. The Morgan fingerprint density at radius 3 is 2.21 bits per heavy atom. The molecule has 0 spiro atoms. The first kappa shape index (κ1) is 20.8. The van der Waals surface area contributed by atoms with E-state index < -0.39 is 44.3 Å². The molecule has 8 heteroatoms. The number of aryl methyl sites for hydroxylation is 1. The topological polar surface area (TPSA) is 57.6 Å². The third-order valence-electron chi connectivity index (χ3n) is 5.12. The highest BCUT2D eigenvalue weighted by Crippen LogP contribution is 2.52. The first-order valence-corrected chi connectivity index (χ1v) is 10.2. The molecule has 1 aliphatic rings. The summed E-state index contributed by atoms with van der Waals surface area (Å²) in [6.45, 7) is 6.49. The molecule has 1 atom stereocenters. The summed E-state index contributed by atoms with van der Waals surface area (Å²) in [6.07, 6.45) is -5.22. The van der Waals surface area contributed by atoms with Crippen molar-refractivity contribution in [1.82, 2.24) is 4.31 Å². The molecule has 1 aliphatic heterocycles. The van der Waals surface area contributed by atoms with Gasteiger partial charge in [-0.3, -0.25) is 0 Å². The zero-order valence-electron chi connectivity index (χ0n) is 16.0. The second-order valence-corrected chi connectivity index (χ2v) is 9.90. The molecule has 0 aliphatic carbocycles. The van der Waals surface area contributed by atoms with Crippen LogP contribution in [0, 0.1) is 6.92 Å². The molecule has 152 valence electrons. The average Bonchev–Trinajstić information content (AvgIpc) is 2.74. The van der Waals surface area contributed by atoms with Gasteiger partial charge in [0, 0.05) is 12.1 Å². The maximum atomic E-state index is 14.1. The van der Waals surface area contributed by atoms with E-state index >= 15 is 0 Å². The zero-order chi connectivity index (χ0) is 21.1. The highest BCUT2D eigenvalue weighted by molar-refractivity contribution is 7.89. The summed E-state index contributed by atoms with van der Waals surface area (Å²) in [7, 11) is -4.55. The lowest BCUT2D eigenvalue weighted by molar-refractivity contribution is -0.306. The fourth-order valence-corrected chi connectivity index (χ4v) is 5.17. The van der Waals surface area contributed by atoms with E-state index in [4.69, 9.17) is 0 Å². The van der Waals surface area contributed by atoms with Crippen molar-refractivity contribution in [2.75, 3.05) is 0 Å². The number of halogens is 3. The van der Waals surface area contributed by atoms with Gasteiger partial charge >= 0.3 is 6.18 Å². The second-order valence-electron chi connectivity index (χ2n) is 8.07. The molecule has 0 bridgehead atoms. The maximum Gasteiger partial charge on any atom is 0.436 e. The van der Waals surface area contributed by atoms with Crippen LogP contribution in [0.5, 0.6) is 0 Å². The number of hydrogen-bond donors (Lipinski definition) is 1. The van der Waals surface area contributed by atoms with Gasteiger partial charge in [0.25, 0.3) is 5.72 Å². The van der Waals surface area contributed by atoms with E-state index in [9.17, 15) is 26.7 Å². The van der Waals surface area contributed by atoms with Gasteiger partial charge in [-0.2, -0.15) is 17.5 Å². The van der Waals surface area contributed by atoms with Crippen LogP contribution in [0.3, 0.4) is 0 Å². The molecule has 0 amide bonds. The van der Waals surface area contributed by atoms with Crippen molar-refractivity contribution in [3.8, 4) is 0 Å². The van der Waals surface area contributed by atoms with Crippen molar-refractivity contribution in [2.45, 2.75) is 56.5 Å². The zero-order valence-corrected chi connectivity index (χ0v) is 16.8. The first-order chi connectivity index (χ1) is 12.7. The Hall–Kier alpha value is -1.90. The number of alkyl halides is 3. The largest absolute Gasteiger partial charge is 0.436 e. The van der Waals surface area contributed by atoms with Gasteiger partial charge < -0.3 is 5.11 Å². The van der Waals surface area contributed by atoms with Crippen LogP contribution in [0.1, 0.15) is 43.0 Å². The van der Waals surface area contributed by atoms with Gasteiger partial charge in [-0.25, -0.2) is 8.42 Å². The van der Waals surface area contributed by atoms with Crippen molar-refractivity contribution >= 4 is 10.0 Å². The fraction of sp³-hybridized carbons (Fsp3) is 0.400. The summed E-state index contributed by atoms with van der Waals surface area (Å²) >= 11 is 0. The highest BCUT2D eigenvalue weighted by atomic mass is 32.2. The van der Waals surface area contributed by atoms with Gasteiger partial charge in [-0.05, 0) is 41.2 Å². The molecule has 1 unspecified atom stereocenters. The molecular weight excluding hydrogens is 391 g/mol. The lowest BCUT2D eigenvalue weighted by Crippen LogP contribution is -2.53. The van der Waals surface area contributed by atoms with Crippen LogP contribution in [-0.4, -0.2) is 24.0 Å². The molecule has 2 aromatic rings. The van der Waals surface area contributed by atoms with Crippen LogP contribution >= 0.6 is 0 Å². The minimum atomic E-state index is -5.22. The third kappa shape index (κ3) is 3.03. The number of fused-ring (bicyclic) bond motifs is 1. The standard InChI is InChI=1S/C20H22F3NO3S/c1-13-7-5-6-8-14(13)12-24-19(25,20(21,22)23)16-11-15(18(2,3)4)9-10-17(16)28(24,26)27/h5-11,25H,12H2,1-4H3. The molecular formula is C20H22F3NO3S. The molecule has 0 saturated heterocycles. The molecule has 0 aromatic heterocycles. The third-order valence-corrected chi connectivity index (χ3v) is 7.01. The van der Waals surface area contributed by atoms with Crippen LogP contribution < -0.4 is 0 Å². The van der Waals surface area contributed by atoms with E-state index in [0.717, 1.165) is 12.1 Å². The molecule has 0 radical (unpaired) electrons. The molecule has 0 fully saturated rings. The Morgan fingerprint density at radius 1 is 1.07 bits per heavy atom. The molecule has 3 rings (SSSR count). The maximum absolute atomic E-state index is 14.1. The van der Waals surface area contributed by atoms with Crippen LogP contribution in [-0.2, 0) is 27.7 Å². The minimum absolute atomic E-state index is 0.152. The van der Waals surface area contributed by atoms with Crippen LogP contribution in [0.2, 0.25) is 0 Å². The lowest BCUT2D eigenvalue weighted by atomic mass is 9.84. The number of aliphatic hydroxyl groups is 1. The molecule has 28 heavy (non-hydrogen) atoms. The average molecular weight is 413 g/mol. The van der Waals surface area contributed by atoms with E-state index in [0.29, 0.717) is 16.7 Å². The summed E-state index contributed by atoms with van der Waals surface area (Å²) in [5, 5.41) is 10.8. The Labute approximate surface area is 162 Å². The summed E-state index contributed by atoms with van der Waals surface area (Å²) in [5.41, 5.74) is -3.28. The fourth-order valence-electron chi connectivity index (χ4n) is 3.36. The molecule has 1 N–H and O–H groups in total. The van der Waals surface area contributed by atoms with Crippen LogP contribution in [0.25, 0.3) is 0 Å². The van der Waals surface area contributed by atoms with Gasteiger partial charge in [0.1, 0.15) is 0 Å². The summed E-state index contributed by atoms with van der Waals surface area (Å²) in [6, 6.07) is 10.3. The van der Waals surface area contributed by atoms with Gasteiger partial charge in [-0.1, -0.05) is 51.1 Å². The number of nitrogens with zero attached hydrogens (tertiary/aromatic N) is 1. The predicted octanol–water partition coefficient (Wildman–Crippen LogP) is 4.20. The van der Waals surface area contributed by atoms with Crippen molar-refractivity contribution in [3.63, 3.8) is 0 Å². The second kappa shape index (κ2) is 6.30. The van der Waals surface area contributed by atoms with Crippen molar-refractivity contribution < 1.29 is 26.7 Å². The number of rotatable bonds is 2. The molecule has 1 heterocycles. The van der Waals surface area contributed by atoms with Gasteiger partial charge in [-0.15, -0.1) is 0 Å². The lowest BCUT2D eigenvalue weighted by Gasteiger charge is -2.34. The van der Waals surface area contributed by atoms with Gasteiger partial charge in [0.05, 0.1) is 4.90 Å². The smallest absolute Gasteiger partial charge is 0.363 e. The van der Waals surface area contributed by atoms with Crippen molar-refractivity contribution in [3.05, 3.63) is 64.7 Å². The molecule has 2 aromatic carbocycles. The quantitative estimate of drug-likeness (QED) is 0.803. The summed E-state index contributed by atoms with van der Waals surface area (Å²) in [5.74, 6) is 0. The van der Waals surface area contributed by atoms with E-state index in [1.165, 1.54) is 6.07 Å². The Morgan fingerprint density at radius 2 is 1.68 bits per heavy atom. The normalized spacial score (nSPS) is 22.3. The van der Waals surface area contributed by atoms with Gasteiger partial charge in [0.15, 0.2) is 0 Å². The van der Waals surface area contributed by atoms with E-state index in [1.807, 2.05) is 0 Å². The summed E-state index contributed by atoms with van der Waals surface area (Å²) < 4.78 is 68.4. The monoisotopic (exact) mass is 413 g/mol. The van der Waals surface area contributed by atoms with Crippen molar-refractivity contribution in [2.24, 2.45) is 0 Å². The molecule has 4 nitrogen and oxygen atoms in total. The highest BCUT2D eigenvalue weighted by Gasteiger charge is 2.68. The van der Waals surface area contributed by atoms with E-state index in [1.54, 1.807) is 52.0 Å². The number of benzene rings is 2. The number of hydrogen-bond acceptors (Lipinski definition) is 3. The Bertz CT molecular complexity index is 1030. The Balaban J connectivity index is 2.27. The summed E-state index contributed by atoms with van der Waals surface area (Å²) in [4.78, 5) is -0.520.